The number of aliphatic carboxylic acids is 1. The molecule has 1 aromatic carbocycles. The van der Waals surface area contributed by atoms with Gasteiger partial charge in [-0.25, -0.2) is 4.79 Å². The van der Waals surface area contributed by atoms with Crippen LogP contribution in [0.1, 0.15) is 17.5 Å². The van der Waals surface area contributed by atoms with E-state index in [9.17, 15) is 9.59 Å². The molecule has 0 aliphatic rings. The molecule has 78 valence electrons. The summed E-state index contributed by atoms with van der Waals surface area (Å²) in [6.45, 7) is 0. The van der Waals surface area contributed by atoms with E-state index in [2.05, 4.69) is 0 Å². The van der Waals surface area contributed by atoms with E-state index in [1.165, 1.54) is 6.08 Å². The minimum atomic E-state index is -0.958. The summed E-state index contributed by atoms with van der Waals surface area (Å²) >= 11 is 0. The molecule has 3 nitrogen and oxygen atoms in total. The van der Waals surface area contributed by atoms with E-state index in [0.717, 1.165) is 29.9 Å². The zero-order valence-corrected chi connectivity index (χ0v) is 8.22. The van der Waals surface area contributed by atoms with Crippen LogP contribution in [0.15, 0.2) is 30.3 Å². The molecule has 0 aliphatic heterocycles. The Morgan fingerprint density at radius 1 is 1.27 bits per heavy atom. The Labute approximate surface area is 88.0 Å². The van der Waals surface area contributed by atoms with E-state index in [-0.39, 0.29) is 0 Å². The maximum absolute atomic E-state index is 10.3. The second-order valence-electron chi connectivity index (χ2n) is 3.12. The third-order valence-electron chi connectivity index (χ3n) is 1.95. The van der Waals surface area contributed by atoms with Crippen LogP contribution < -0.4 is 0 Å². The zero-order chi connectivity index (χ0) is 11.1. The van der Waals surface area contributed by atoms with Gasteiger partial charge in [-0.3, -0.25) is 0 Å². The molecule has 0 amide bonds. The molecule has 0 saturated carbocycles. The largest absolute Gasteiger partial charge is 0.478 e. The Morgan fingerprint density at radius 3 is 2.47 bits per heavy atom. The van der Waals surface area contributed by atoms with Crippen molar-refractivity contribution < 1.29 is 14.7 Å². The molecular formula is C12H12O3. The molecular weight excluding hydrogens is 192 g/mol. The number of hydrogen-bond acceptors (Lipinski definition) is 2. The molecule has 0 heterocycles. The van der Waals surface area contributed by atoms with Gasteiger partial charge in [0.1, 0.15) is 6.29 Å². The highest BCUT2D eigenvalue weighted by Crippen LogP contribution is 2.07. The van der Waals surface area contributed by atoms with Crippen LogP contribution in [0.2, 0.25) is 0 Å². The van der Waals surface area contributed by atoms with Gasteiger partial charge in [0.2, 0.25) is 0 Å². The predicted molar refractivity (Wildman–Crippen MR) is 57.5 cm³/mol. The van der Waals surface area contributed by atoms with Gasteiger partial charge >= 0.3 is 5.97 Å². The van der Waals surface area contributed by atoms with E-state index in [1.54, 1.807) is 0 Å². The normalized spacial score (nSPS) is 10.4. The van der Waals surface area contributed by atoms with Crippen LogP contribution in [0.5, 0.6) is 0 Å². The molecule has 0 atom stereocenters. The number of carboxylic acid groups (broad SMARTS) is 1. The number of hydrogen-bond donors (Lipinski definition) is 1. The average Bonchev–Trinajstić information content (AvgIpc) is 2.25. The lowest BCUT2D eigenvalue weighted by atomic mass is 10.1. The van der Waals surface area contributed by atoms with Crippen molar-refractivity contribution in [3.05, 3.63) is 41.5 Å². The summed E-state index contributed by atoms with van der Waals surface area (Å²) in [5, 5.41) is 8.42. The van der Waals surface area contributed by atoms with Gasteiger partial charge in [0.15, 0.2) is 0 Å². The first-order chi connectivity index (χ1) is 7.22. The van der Waals surface area contributed by atoms with Crippen molar-refractivity contribution in [1.29, 1.82) is 0 Å². The molecule has 0 spiro atoms. The number of aryl methyl sites for hydroxylation is 1. The first kappa shape index (κ1) is 11.2. The van der Waals surface area contributed by atoms with Crippen molar-refractivity contribution >= 4 is 18.3 Å². The van der Waals surface area contributed by atoms with Crippen LogP contribution in [0.4, 0.5) is 0 Å². The number of carbonyl (C=O) groups excluding carboxylic acids is 1. The van der Waals surface area contributed by atoms with Crippen LogP contribution in [0, 0.1) is 0 Å². The van der Waals surface area contributed by atoms with Gasteiger partial charge in [0, 0.05) is 12.5 Å². The van der Waals surface area contributed by atoms with Gasteiger partial charge in [-0.15, -0.1) is 0 Å². The number of carbonyl (C=O) groups is 2. The highest BCUT2D eigenvalue weighted by molar-refractivity contribution is 5.85. The maximum atomic E-state index is 10.3. The Balaban J connectivity index is 2.63. The fraction of sp³-hybridized carbons (Fsp3) is 0.167. The van der Waals surface area contributed by atoms with Gasteiger partial charge in [-0.05, 0) is 23.6 Å². The van der Waals surface area contributed by atoms with E-state index in [4.69, 9.17) is 5.11 Å². The number of carboxylic acids is 1. The third-order valence-corrected chi connectivity index (χ3v) is 1.95. The number of aldehydes is 1. The van der Waals surface area contributed by atoms with E-state index < -0.39 is 5.97 Å². The summed E-state index contributed by atoms with van der Waals surface area (Å²) < 4.78 is 0. The summed E-state index contributed by atoms with van der Waals surface area (Å²) in [7, 11) is 0. The zero-order valence-electron chi connectivity index (χ0n) is 8.22. The smallest absolute Gasteiger partial charge is 0.328 e. The Hall–Kier alpha value is -1.90. The lowest BCUT2D eigenvalue weighted by Gasteiger charge is -1.98. The highest BCUT2D eigenvalue weighted by atomic mass is 16.4. The topological polar surface area (TPSA) is 54.4 Å². The second kappa shape index (κ2) is 5.75. The molecule has 15 heavy (non-hydrogen) atoms. The molecule has 0 aliphatic carbocycles. The van der Waals surface area contributed by atoms with Crippen LogP contribution in [0.25, 0.3) is 6.08 Å². The number of rotatable bonds is 5. The van der Waals surface area contributed by atoms with E-state index >= 15 is 0 Å². The van der Waals surface area contributed by atoms with Crippen LogP contribution in [-0.4, -0.2) is 17.4 Å². The molecule has 0 saturated heterocycles. The minimum absolute atomic E-state index is 0.518. The molecule has 1 rings (SSSR count). The first-order valence-corrected chi connectivity index (χ1v) is 4.66. The summed E-state index contributed by atoms with van der Waals surface area (Å²) in [6.07, 6.45) is 4.77. The van der Waals surface area contributed by atoms with E-state index in [1.807, 2.05) is 24.3 Å². The van der Waals surface area contributed by atoms with Crippen molar-refractivity contribution in [2.45, 2.75) is 12.8 Å². The van der Waals surface area contributed by atoms with Crippen molar-refractivity contribution in [2.24, 2.45) is 0 Å². The molecule has 1 N–H and O–H groups in total. The maximum Gasteiger partial charge on any atom is 0.328 e. The lowest BCUT2D eigenvalue weighted by molar-refractivity contribution is -0.131. The summed E-state index contributed by atoms with van der Waals surface area (Å²) in [4.78, 5) is 20.4. The molecule has 3 heteroatoms. The Bertz CT molecular complexity index is 363. The van der Waals surface area contributed by atoms with Crippen molar-refractivity contribution in [1.82, 2.24) is 0 Å². The lowest BCUT2D eigenvalue weighted by Crippen LogP contribution is -1.87. The first-order valence-electron chi connectivity index (χ1n) is 4.66. The summed E-state index contributed by atoms with van der Waals surface area (Å²) in [5.41, 5.74) is 1.92. The quantitative estimate of drug-likeness (QED) is 0.588. The molecule has 0 fully saturated rings. The van der Waals surface area contributed by atoms with Gasteiger partial charge in [-0.2, -0.15) is 0 Å². The molecule has 0 aromatic heterocycles. The van der Waals surface area contributed by atoms with E-state index in [0.29, 0.717) is 6.42 Å². The SMILES string of the molecule is O=CCCc1ccc(/C=C/C(=O)O)cc1. The molecule has 0 bridgehead atoms. The van der Waals surface area contributed by atoms with Gasteiger partial charge in [0.05, 0.1) is 0 Å². The van der Waals surface area contributed by atoms with Crippen LogP contribution in [0.3, 0.4) is 0 Å². The minimum Gasteiger partial charge on any atom is -0.478 e. The summed E-state index contributed by atoms with van der Waals surface area (Å²) in [6, 6.07) is 7.45. The van der Waals surface area contributed by atoms with Gasteiger partial charge in [0.25, 0.3) is 0 Å². The third kappa shape index (κ3) is 4.22. The van der Waals surface area contributed by atoms with Crippen molar-refractivity contribution in [2.75, 3.05) is 0 Å². The Kier molecular flexibility index (Phi) is 4.29. The fourth-order valence-corrected chi connectivity index (χ4v) is 1.19. The fourth-order valence-electron chi connectivity index (χ4n) is 1.19. The van der Waals surface area contributed by atoms with Gasteiger partial charge in [-0.1, -0.05) is 24.3 Å². The predicted octanol–water partition coefficient (Wildman–Crippen LogP) is 1.92. The standard InChI is InChI=1S/C12H12O3/c13-9-1-2-10-3-5-11(6-4-10)7-8-12(14)15/h3-9H,1-2H2,(H,14,15)/b8-7+. The van der Waals surface area contributed by atoms with Crippen molar-refractivity contribution in [3.8, 4) is 0 Å². The monoisotopic (exact) mass is 204 g/mol. The van der Waals surface area contributed by atoms with Gasteiger partial charge < -0.3 is 9.90 Å². The van der Waals surface area contributed by atoms with Crippen LogP contribution >= 0.6 is 0 Å². The molecule has 1 aromatic rings. The van der Waals surface area contributed by atoms with Crippen molar-refractivity contribution in [3.63, 3.8) is 0 Å². The summed E-state index contributed by atoms with van der Waals surface area (Å²) in [5.74, 6) is -0.958. The second-order valence-corrected chi connectivity index (χ2v) is 3.12. The molecule has 0 unspecified atom stereocenters. The number of benzene rings is 1. The highest BCUT2D eigenvalue weighted by Gasteiger charge is 1.93. The Morgan fingerprint density at radius 2 is 1.93 bits per heavy atom. The average molecular weight is 204 g/mol. The van der Waals surface area contributed by atoms with Crippen LogP contribution in [-0.2, 0) is 16.0 Å². The molecule has 0 radical (unpaired) electrons.